The van der Waals surface area contributed by atoms with E-state index in [0.717, 1.165) is 29.2 Å². The highest BCUT2D eigenvalue weighted by atomic mass is 16.2. The van der Waals surface area contributed by atoms with Gasteiger partial charge in [-0.15, -0.1) is 0 Å². The first kappa shape index (κ1) is 12.7. The molecule has 2 bridgehead atoms. The van der Waals surface area contributed by atoms with Gasteiger partial charge in [0, 0.05) is 12.0 Å². The fraction of sp³-hybridized carbons (Fsp3) is 0.556. The van der Waals surface area contributed by atoms with E-state index in [1.54, 1.807) is 0 Å². The Morgan fingerprint density at radius 1 is 1.23 bits per heavy atom. The largest absolute Gasteiger partial charge is 0.340 e. The van der Waals surface area contributed by atoms with Crippen molar-refractivity contribution >= 4 is 16.9 Å². The van der Waals surface area contributed by atoms with Crippen molar-refractivity contribution in [2.45, 2.75) is 45.2 Å². The van der Waals surface area contributed by atoms with Crippen molar-refractivity contribution in [2.75, 3.05) is 0 Å². The van der Waals surface area contributed by atoms with Gasteiger partial charge in [-0.25, -0.2) is 4.98 Å². The summed E-state index contributed by atoms with van der Waals surface area (Å²) >= 11 is 0. The molecule has 5 rings (SSSR count). The molecule has 3 heterocycles. The number of amides is 1. The van der Waals surface area contributed by atoms with Gasteiger partial charge in [0.1, 0.15) is 5.82 Å². The summed E-state index contributed by atoms with van der Waals surface area (Å²) in [5.41, 5.74) is 3.34. The number of imidazole rings is 1. The van der Waals surface area contributed by atoms with Crippen LogP contribution in [0.25, 0.3) is 11.0 Å². The molecule has 2 aromatic rings. The van der Waals surface area contributed by atoms with Gasteiger partial charge >= 0.3 is 0 Å². The molecule has 1 aromatic heterocycles. The molecule has 22 heavy (non-hydrogen) atoms. The Kier molecular flexibility index (Phi) is 2.37. The molecule has 0 radical (unpaired) electrons. The van der Waals surface area contributed by atoms with Gasteiger partial charge in [0.2, 0.25) is 5.91 Å². The minimum Gasteiger partial charge on any atom is -0.340 e. The average molecular weight is 295 g/mol. The lowest BCUT2D eigenvalue weighted by Crippen LogP contribution is -2.51. The van der Waals surface area contributed by atoms with E-state index in [9.17, 15) is 4.79 Å². The van der Waals surface area contributed by atoms with Crippen molar-refractivity contribution in [3.63, 3.8) is 0 Å². The van der Waals surface area contributed by atoms with Gasteiger partial charge < -0.3 is 9.88 Å². The van der Waals surface area contributed by atoms with Gasteiger partial charge in [0.05, 0.1) is 17.1 Å². The van der Waals surface area contributed by atoms with Gasteiger partial charge in [-0.2, -0.15) is 0 Å². The van der Waals surface area contributed by atoms with Crippen LogP contribution in [0.3, 0.4) is 0 Å². The Bertz CT molecular complexity index is 780. The summed E-state index contributed by atoms with van der Waals surface area (Å²) in [5.74, 6) is 2.82. The molecule has 114 valence electrons. The maximum absolute atomic E-state index is 12.7. The summed E-state index contributed by atoms with van der Waals surface area (Å²) in [6.07, 6.45) is 3.52. The van der Waals surface area contributed by atoms with Gasteiger partial charge in [-0.1, -0.05) is 13.0 Å². The number of carbonyl (C=O) groups excluding carboxylic acids is 1. The molecule has 3 aliphatic rings. The normalized spacial score (nSPS) is 36.5. The van der Waals surface area contributed by atoms with Crippen LogP contribution in [-0.4, -0.2) is 26.8 Å². The zero-order valence-electron chi connectivity index (χ0n) is 13.0. The summed E-state index contributed by atoms with van der Waals surface area (Å²) in [4.78, 5) is 23.2. The quantitative estimate of drug-likeness (QED) is 0.878. The van der Waals surface area contributed by atoms with Crippen LogP contribution >= 0.6 is 0 Å². The van der Waals surface area contributed by atoms with E-state index in [1.807, 2.05) is 0 Å². The molecule has 1 saturated carbocycles. The van der Waals surface area contributed by atoms with Gasteiger partial charge in [0.25, 0.3) is 0 Å². The Hall–Kier alpha value is -1.84. The number of aromatic nitrogens is 2. The SMILES string of the molecule is Cc1ccc2nc([C@@H]3C4CC5CC(C)C(=O)N3C5C4)[nH]c2c1. The van der Waals surface area contributed by atoms with E-state index in [0.29, 0.717) is 17.9 Å². The molecular formula is C18H21N3O. The standard InChI is InChI=1S/C18H21N3O/c1-9-3-4-13-14(5-9)20-17(19-13)16-12-7-11-6-10(2)18(22)21(16)15(11)8-12/h3-5,10-12,15-16H,6-8H2,1-2H3,(H,19,20)/t10?,11?,12?,15?,16-/m0/s1. The van der Waals surface area contributed by atoms with Gasteiger partial charge in [0.15, 0.2) is 0 Å². The maximum Gasteiger partial charge on any atom is 0.226 e. The summed E-state index contributed by atoms with van der Waals surface area (Å²) in [7, 11) is 0. The number of fused-ring (bicyclic) bond motifs is 2. The number of hydrogen-bond acceptors (Lipinski definition) is 2. The second kappa shape index (κ2) is 4.12. The molecule has 3 fully saturated rings. The molecule has 4 unspecified atom stereocenters. The van der Waals surface area contributed by atoms with Crippen LogP contribution in [0, 0.1) is 24.7 Å². The van der Waals surface area contributed by atoms with Crippen molar-refractivity contribution in [1.29, 1.82) is 0 Å². The topological polar surface area (TPSA) is 49.0 Å². The van der Waals surface area contributed by atoms with E-state index < -0.39 is 0 Å². The Morgan fingerprint density at radius 2 is 2.09 bits per heavy atom. The van der Waals surface area contributed by atoms with Crippen LogP contribution in [0.15, 0.2) is 18.2 Å². The fourth-order valence-corrected chi connectivity index (χ4v) is 5.18. The van der Waals surface area contributed by atoms with Crippen LogP contribution in [0.1, 0.15) is 43.6 Å². The summed E-state index contributed by atoms with van der Waals surface area (Å²) in [5, 5.41) is 0. The van der Waals surface area contributed by atoms with Crippen LogP contribution in [-0.2, 0) is 4.79 Å². The van der Waals surface area contributed by atoms with Crippen molar-refractivity contribution in [2.24, 2.45) is 17.8 Å². The summed E-state index contributed by atoms with van der Waals surface area (Å²) in [6, 6.07) is 6.94. The molecule has 2 saturated heterocycles. The predicted octanol–water partition coefficient (Wildman–Crippen LogP) is 3.19. The van der Waals surface area contributed by atoms with Crippen molar-refractivity contribution in [3.8, 4) is 0 Å². The van der Waals surface area contributed by atoms with Crippen LogP contribution in [0.4, 0.5) is 0 Å². The average Bonchev–Trinajstić information content (AvgIpc) is 3.15. The zero-order valence-corrected chi connectivity index (χ0v) is 13.0. The molecule has 2 aliphatic heterocycles. The number of aromatic amines is 1. The smallest absolute Gasteiger partial charge is 0.226 e. The fourth-order valence-electron chi connectivity index (χ4n) is 5.18. The van der Waals surface area contributed by atoms with E-state index >= 15 is 0 Å². The number of hydrogen-bond donors (Lipinski definition) is 1. The highest BCUT2D eigenvalue weighted by molar-refractivity contribution is 5.81. The van der Waals surface area contributed by atoms with Gasteiger partial charge in [-0.05, 0) is 55.7 Å². The first-order valence-corrected chi connectivity index (χ1v) is 8.40. The molecule has 1 amide bonds. The lowest BCUT2D eigenvalue weighted by atomic mass is 9.81. The number of nitrogens with one attached hydrogen (secondary N) is 1. The van der Waals surface area contributed by atoms with Crippen LogP contribution in [0.2, 0.25) is 0 Å². The Labute approximate surface area is 129 Å². The van der Waals surface area contributed by atoms with Crippen molar-refractivity contribution in [1.82, 2.24) is 14.9 Å². The van der Waals surface area contributed by atoms with E-state index in [4.69, 9.17) is 4.98 Å². The number of aryl methyl sites for hydroxylation is 1. The van der Waals surface area contributed by atoms with Crippen molar-refractivity contribution in [3.05, 3.63) is 29.6 Å². The summed E-state index contributed by atoms with van der Waals surface area (Å²) < 4.78 is 0. The highest BCUT2D eigenvalue weighted by Gasteiger charge is 2.57. The van der Waals surface area contributed by atoms with E-state index in [-0.39, 0.29) is 12.0 Å². The zero-order chi connectivity index (χ0) is 15.0. The third-order valence-electron chi connectivity index (χ3n) is 6.07. The van der Waals surface area contributed by atoms with E-state index in [2.05, 4.69) is 41.9 Å². The molecule has 1 aromatic carbocycles. The molecule has 1 N–H and O–H groups in total. The monoisotopic (exact) mass is 295 g/mol. The number of benzene rings is 1. The third kappa shape index (κ3) is 1.53. The van der Waals surface area contributed by atoms with Crippen LogP contribution in [0.5, 0.6) is 0 Å². The molecule has 5 atom stereocenters. The predicted molar refractivity (Wildman–Crippen MR) is 84.2 cm³/mol. The maximum atomic E-state index is 12.7. The molecule has 1 aliphatic carbocycles. The second-order valence-electron chi connectivity index (χ2n) is 7.53. The minimum absolute atomic E-state index is 0.171. The van der Waals surface area contributed by atoms with Gasteiger partial charge in [-0.3, -0.25) is 4.79 Å². The molecule has 0 spiro atoms. The first-order chi connectivity index (χ1) is 10.6. The highest BCUT2D eigenvalue weighted by Crippen LogP contribution is 2.56. The lowest BCUT2D eigenvalue weighted by Gasteiger charge is -2.44. The number of carbonyl (C=O) groups is 1. The molecular weight excluding hydrogens is 274 g/mol. The lowest BCUT2D eigenvalue weighted by molar-refractivity contribution is -0.147. The first-order valence-electron chi connectivity index (χ1n) is 8.40. The van der Waals surface area contributed by atoms with Crippen molar-refractivity contribution < 1.29 is 4.79 Å². The number of rotatable bonds is 1. The number of H-pyrrole nitrogens is 1. The second-order valence-corrected chi connectivity index (χ2v) is 7.53. The number of piperidine rings is 2. The van der Waals surface area contributed by atoms with E-state index in [1.165, 1.54) is 18.4 Å². The summed E-state index contributed by atoms with van der Waals surface area (Å²) in [6.45, 7) is 4.18. The molecule has 4 heteroatoms. The Balaban J connectivity index is 1.60. The number of nitrogens with zero attached hydrogens (tertiary/aromatic N) is 2. The minimum atomic E-state index is 0.171. The molecule has 4 nitrogen and oxygen atoms in total. The third-order valence-corrected chi connectivity index (χ3v) is 6.07. The Morgan fingerprint density at radius 3 is 2.95 bits per heavy atom. The van der Waals surface area contributed by atoms with Crippen LogP contribution < -0.4 is 0 Å².